The maximum absolute atomic E-state index is 12.4. The first-order chi connectivity index (χ1) is 10.5. The molecule has 1 atom stereocenters. The number of benzene rings is 1. The van der Waals surface area contributed by atoms with Gasteiger partial charge in [-0.3, -0.25) is 4.79 Å². The van der Waals surface area contributed by atoms with Crippen LogP contribution >= 0.6 is 0 Å². The fourth-order valence-corrected chi connectivity index (χ4v) is 3.96. The van der Waals surface area contributed by atoms with Crippen molar-refractivity contribution in [2.24, 2.45) is 0 Å². The Labute approximate surface area is 128 Å². The van der Waals surface area contributed by atoms with Gasteiger partial charge in [0.05, 0.1) is 22.3 Å². The molecule has 1 fully saturated rings. The Morgan fingerprint density at radius 3 is 3.05 bits per heavy atom. The Balaban J connectivity index is 1.77. The van der Waals surface area contributed by atoms with Gasteiger partial charge >= 0.3 is 0 Å². The maximum atomic E-state index is 12.4. The van der Waals surface area contributed by atoms with Crippen LogP contribution in [0.15, 0.2) is 29.4 Å². The average Bonchev–Trinajstić information content (AvgIpc) is 3.05. The van der Waals surface area contributed by atoms with Crippen molar-refractivity contribution in [2.45, 2.75) is 30.7 Å². The molecule has 22 heavy (non-hydrogen) atoms. The Morgan fingerprint density at radius 1 is 1.45 bits per heavy atom. The van der Waals surface area contributed by atoms with Crippen molar-refractivity contribution >= 4 is 27.0 Å². The van der Waals surface area contributed by atoms with Crippen LogP contribution in [0.3, 0.4) is 0 Å². The summed E-state index contributed by atoms with van der Waals surface area (Å²) in [6, 6.07) is 4.35. The smallest absolute Gasteiger partial charge is 0.240 e. The Bertz CT molecular complexity index is 799. The van der Waals surface area contributed by atoms with Gasteiger partial charge < -0.3 is 9.88 Å². The van der Waals surface area contributed by atoms with E-state index in [0.29, 0.717) is 24.1 Å². The molecule has 3 rings (SSSR count). The number of nitrogens with one attached hydrogen (secondary N) is 2. The minimum atomic E-state index is -3.65. The number of aromatic nitrogens is 2. The van der Waals surface area contributed by atoms with E-state index in [1.165, 1.54) is 12.4 Å². The number of hydrogen-bond acceptors (Lipinski definition) is 4. The number of carbonyl (C=O) groups is 1. The number of carbonyl (C=O) groups excluding carboxylic acids is 1. The summed E-state index contributed by atoms with van der Waals surface area (Å²) in [5.41, 5.74) is 1.38. The van der Waals surface area contributed by atoms with Crippen LogP contribution in [0, 0.1) is 0 Å². The zero-order valence-electron chi connectivity index (χ0n) is 12.2. The molecule has 1 saturated heterocycles. The van der Waals surface area contributed by atoms with Crippen LogP contribution in [-0.4, -0.2) is 48.3 Å². The zero-order chi connectivity index (χ0) is 15.7. The third kappa shape index (κ3) is 2.84. The fourth-order valence-electron chi connectivity index (χ4n) is 2.71. The molecule has 1 aromatic carbocycles. The van der Waals surface area contributed by atoms with E-state index in [2.05, 4.69) is 14.7 Å². The largest absolute Gasteiger partial charge is 0.345 e. The zero-order valence-corrected chi connectivity index (χ0v) is 13.1. The van der Waals surface area contributed by atoms with Gasteiger partial charge in [0.25, 0.3) is 0 Å². The quantitative estimate of drug-likeness (QED) is 0.853. The molecule has 2 N–H and O–H groups in total. The van der Waals surface area contributed by atoms with Gasteiger partial charge in [0.1, 0.15) is 0 Å². The topological polar surface area (TPSA) is 95.2 Å². The summed E-state index contributed by atoms with van der Waals surface area (Å²) in [6.45, 7) is 3.08. The van der Waals surface area contributed by atoms with Gasteiger partial charge in [0.2, 0.25) is 15.9 Å². The monoisotopic (exact) mass is 322 g/mol. The van der Waals surface area contributed by atoms with E-state index < -0.39 is 10.0 Å². The maximum Gasteiger partial charge on any atom is 0.240 e. The van der Waals surface area contributed by atoms with E-state index in [4.69, 9.17) is 0 Å². The predicted molar refractivity (Wildman–Crippen MR) is 81.7 cm³/mol. The number of aromatic amines is 1. The van der Waals surface area contributed by atoms with Gasteiger partial charge in [-0.1, -0.05) is 6.92 Å². The van der Waals surface area contributed by atoms with E-state index >= 15 is 0 Å². The van der Waals surface area contributed by atoms with Gasteiger partial charge in [0.15, 0.2) is 0 Å². The molecular weight excluding hydrogens is 304 g/mol. The Hall–Kier alpha value is -1.93. The summed E-state index contributed by atoms with van der Waals surface area (Å²) < 4.78 is 27.5. The Morgan fingerprint density at radius 2 is 2.27 bits per heavy atom. The summed E-state index contributed by atoms with van der Waals surface area (Å²) >= 11 is 0. The van der Waals surface area contributed by atoms with Gasteiger partial charge in [-0.15, -0.1) is 0 Å². The molecule has 2 heterocycles. The molecule has 1 aromatic heterocycles. The van der Waals surface area contributed by atoms with Crippen LogP contribution in [0.4, 0.5) is 0 Å². The molecule has 0 aliphatic carbocycles. The SMILES string of the molecule is CCCN1C[C@@H](NS(=O)(=O)c2ccc3nc[nH]c3c2)CC1=O. The number of H-pyrrole nitrogens is 1. The van der Waals surface area contributed by atoms with E-state index in [1.807, 2.05) is 6.92 Å². The first-order valence-electron chi connectivity index (χ1n) is 7.23. The number of imidazole rings is 1. The van der Waals surface area contributed by atoms with Crippen LogP contribution in [0.25, 0.3) is 11.0 Å². The molecule has 118 valence electrons. The number of likely N-dealkylation sites (tertiary alicyclic amines) is 1. The Kier molecular flexibility index (Phi) is 3.88. The summed E-state index contributed by atoms with van der Waals surface area (Å²) in [4.78, 5) is 20.6. The predicted octanol–water partition coefficient (Wildman–Crippen LogP) is 0.852. The first-order valence-corrected chi connectivity index (χ1v) is 8.71. The van der Waals surface area contributed by atoms with Gasteiger partial charge in [-0.25, -0.2) is 18.1 Å². The number of nitrogens with zero attached hydrogens (tertiary/aromatic N) is 2. The van der Waals surface area contributed by atoms with Crippen molar-refractivity contribution in [3.8, 4) is 0 Å². The van der Waals surface area contributed by atoms with Crippen molar-refractivity contribution in [1.29, 1.82) is 0 Å². The van der Waals surface area contributed by atoms with Crippen molar-refractivity contribution < 1.29 is 13.2 Å². The van der Waals surface area contributed by atoms with Gasteiger partial charge in [-0.2, -0.15) is 0 Å². The first kappa shape index (κ1) is 15.0. The molecule has 0 bridgehead atoms. The summed E-state index contributed by atoms with van der Waals surface area (Å²) in [7, 11) is -3.65. The van der Waals surface area contributed by atoms with E-state index in [-0.39, 0.29) is 23.3 Å². The highest BCUT2D eigenvalue weighted by molar-refractivity contribution is 7.89. The van der Waals surface area contributed by atoms with E-state index in [0.717, 1.165) is 6.42 Å². The minimum Gasteiger partial charge on any atom is -0.345 e. The lowest BCUT2D eigenvalue weighted by molar-refractivity contribution is -0.127. The third-order valence-corrected chi connectivity index (χ3v) is 5.25. The number of fused-ring (bicyclic) bond motifs is 1. The van der Waals surface area contributed by atoms with Crippen LogP contribution in [-0.2, 0) is 14.8 Å². The summed E-state index contributed by atoms with van der Waals surface area (Å²) in [6.07, 6.45) is 2.60. The molecule has 1 amide bonds. The van der Waals surface area contributed by atoms with E-state index in [1.54, 1.807) is 17.0 Å². The number of hydrogen-bond donors (Lipinski definition) is 2. The molecular formula is C14H18N4O3S. The van der Waals surface area contributed by atoms with Crippen molar-refractivity contribution in [1.82, 2.24) is 19.6 Å². The molecule has 1 aliphatic rings. The molecule has 0 unspecified atom stereocenters. The lowest BCUT2D eigenvalue weighted by atomic mass is 10.3. The highest BCUT2D eigenvalue weighted by Gasteiger charge is 2.32. The summed E-state index contributed by atoms with van der Waals surface area (Å²) in [5, 5.41) is 0. The highest BCUT2D eigenvalue weighted by atomic mass is 32.2. The van der Waals surface area contributed by atoms with Crippen molar-refractivity contribution in [3.63, 3.8) is 0 Å². The lowest BCUT2D eigenvalue weighted by Crippen LogP contribution is -2.37. The van der Waals surface area contributed by atoms with Gasteiger partial charge in [-0.05, 0) is 24.6 Å². The minimum absolute atomic E-state index is 0.00132. The number of sulfonamides is 1. The van der Waals surface area contributed by atoms with Crippen LogP contribution in [0.5, 0.6) is 0 Å². The van der Waals surface area contributed by atoms with Crippen LogP contribution < -0.4 is 4.72 Å². The molecule has 0 saturated carbocycles. The van der Waals surface area contributed by atoms with E-state index in [9.17, 15) is 13.2 Å². The van der Waals surface area contributed by atoms with Crippen molar-refractivity contribution in [2.75, 3.05) is 13.1 Å². The number of rotatable bonds is 5. The fraction of sp³-hybridized carbons (Fsp3) is 0.429. The van der Waals surface area contributed by atoms with Gasteiger partial charge in [0, 0.05) is 25.6 Å². The molecule has 0 spiro atoms. The molecule has 2 aromatic rings. The standard InChI is InChI=1S/C14H18N4O3S/c1-2-5-18-8-10(6-14(18)19)17-22(20,21)11-3-4-12-13(7-11)16-9-15-12/h3-4,7,9-10,17H,2,5-6,8H2,1H3,(H,15,16)/t10-/m0/s1. The van der Waals surface area contributed by atoms with Crippen LogP contribution in [0.1, 0.15) is 19.8 Å². The lowest BCUT2D eigenvalue weighted by Gasteiger charge is -2.16. The molecule has 7 nitrogen and oxygen atoms in total. The second-order valence-corrected chi connectivity index (χ2v) is 7.16. The number of amides is 1. The molecule has 8 heteroatoms. The molecule has 0 radical (unpaired) electrons. The van der Waals surface area contributed by atoms with Crippen molar-refractivity contribution in [3.05, 3.63) is 24.5 Å². The third-order valence-electron chi connectivity index (χ3n) is 3.73. The van der Waals surface area contributed by atoms with Crippen LogP contribution in [0.2, 0.25) is 0 Å². The molecule has 1 aliphatic heterocycles. The normalized spacial score (nSPS) is 19.2. The second kappa shape index (κ2) is 5.69. The second-order valence-electron chi connectivity index (χ2n) is 5.44. The average molecular weight is 322 g/mol. The summed E-state index contributed by atoms with van der Waals surface area (Å²) in [5.74, 6) is -0.00132. The highest BCUT2D eigenvalue weighted by Crippen LogP contribution is 2.18.